The van der Waals surface area contributed by atoms with Gasteiger partial charge in [-0.15, -0.1) is 0 Å². The maximum absolute atomic E-state index is 9.96. The fraction of sp³-hybridized carbons (Fsp3) is 0.462. The van der Waals surface area contributed by atoms with Crippen LogP contribution in [0, 0.1) is 11.3 Å². The van der Waals surface area contributed by atoms with Crippen molar-refractivity contribution in [3.8, 4) is 6.07 Å². The highest BCUT2D eigenvalue weighted by atomic mass is 16.3. The smallest absolute Gasteiger partial charge is 0.0991 e. The van der Waals surface area contributed by atoms with Gasteiger partial charge in [-0.2, -0.15) is 5.26 Å². The Morgan fingerprint density at radius 2 is 1.82 bits per heavy atom. The summed E-state index contributed by atoms with van der Waals surface area (Å²) in [5.74, 6) is 0. The van der Waals surface area contributed by atoms with E-state index in [-0.39, 0.29) is 0 Å². The first-order valence-electron chi connectivity index (χ1n) is 5.57. The topological polar surface area (TPSA) is 67.5 Å². The van der Waals surface area contributed by atoms with Crippen LogP contribution in [0.4, 0.5) is 0 Å². The van der Waals surface area contributed by atoms with Crippen LogP contribution in [0.15, 0.2) is 24.3 Å². The fourth-order valence-corrected chi connectivity index (χ4v) is 1.71. The molecule has 17 heavy (non-hydrogen) atoms. The highest BCUT2D eigenvalue weighted by Crippen LogP contribution is 2.14. The third kappa shape index (κ3) is 4.53. The first kappa shape index (κ1) is 13.7. The Kier molecular flexibility index (Phi) is 5.11. The maximum atomic E-state index is 9.96. The van der Waals surface area contributed by atoms with E-state index in [9.17, 15) is 10.2 Å². The highest BCUT2D eigenvalue weighted by Gasteiger charge is 2.11. The molecule has 0 bridgehead atoms. The van der Waals surface area contributed by atoms with Crippen molar-refractivity contribution in [2.24, 2.45) is 0 Å². The zero-order valence-electron chi connectivity index (χ0n) is 10.2. The molecule has 2 atom stereocenters. The lowest BCUT2D eigenvalue weighted by Crippen LogP contribution is -2.31. The summed E-state index contributed by atoms with van der Waals surface area (Å²) in [7, 11) is 1.85. The van der Waals surface area contributed by atoms with E-state index in [2.05, 4.69) is 0 Å². The summed E-state index contributed by atoms with van der Waals surface area (Å²) in [6, 6.07) is 8.91. The number of benzene rings is 1. The molecule has 0 aliphatic heterocycles. The number of nitriles is 1. The second-order valence-corrected chi connectivity index (χ2v) is 4.32. The predicted molar refractivity (Wildman–Crippen MR) is 65.3 cm³/mol. The van der Waals surface area contributed by atoms with Gasteiger partial charge in [0, 0.05) is 13.1 Å². The molecule has 2 N–H and O–H groups in total. The Hall–Kier alpha value is -1.41. The average molecular weight is 234 g/mol. The molecular weight excluding hydrogens is 216 g/mol. The summed E-state index contributed by atoms with van der Waals surface area (Å²) in [6.45, 7) is 2.69. The summed E-state index contributed by atoms with van der Waals surface area (Å²) in [4.78, 5) is 1.87. The van der Waals surface area contributed by atoms with Gasteiger partial charge in [0.1, 0.15) is 0 Å². The van der Waals surface area contributed by atoms with Crippen molar-refractivity contribution in [3.05, 3.63) is 35.4 Å². The van der Waals surface area contributed by atoms with Crippen molar-refractivity contribution in [1.29, 1.82) is 5.26 Å². The lowest BCUT2D eigenvalue weighted by molar-refractivity contribution is 0.0907. The summed E-state index contributed by atoms with van der Waals surface area (Å²) >= 11 is 0. The van der Waals surface area contributed by atoms with Crippen molar-refractivity contribution >= 4 is 0 Å². The summed E-state index contributed by atoms with van der Waals surface area (Å²) in [6.07, 6.45) is -1.01. The molecular formula is C13H18N2O2. The van der Waals surface area contributed by atoms with Crippen LogP contribution in [-0.2, 0) is 0 Å². The zero-order chi connectivity index (χ0) is 12.8. The number of hydrogen-bond donors (Lipinski definition) is 2. The minimum Gasteiger partial charge on any atom is -0.392 e. The number of aliphatic hydroxyl groups is 2. The van der Waals surface area contributed by atoms with Crippen LogP contribution in [0.25, 0.3) is 0 Å². The molecule has 0 spiro atoms. The molecule has 0 fully saturated rings. The lowest BCUT2D eigenvalue weighted by atomic mass is 10.1. The van der Waals surface area contributed by atoms with Gasteiger partial charge in [-0.25, -0.2) is 0 Å². The molecule has 0 aliphatic carbocycles. The van der Waals surface area contributed by atoms with Gasteiger partial charge in [0.2, 0.25) is 0 Å². The Morgan fingerprint density at radius 1 is 1.24 bits per heavy atom. The summed E-state index contributed by atoms with van der Waals surface area (Å²) in [5.41, 5.74) is 1.36. The maximum Gasteiger partial charge on any atom is 0.0991 e. The van der Waals surface area contributed by atoms with Gasteiger partial charge in [0.25, 0.3) is 0 Å². The van der Waals surface area contributed by atoms with Gasteiger partial charge < -0.3 is 15.1 Å². The average Bonchev–Trinajstić information content (AvgIpc) is 2.28. The highest BCUT2D eigenvalue weighted by molar-refractivity contribution is 5.32. The lowest BCUT2D eigenvalue weighted by Gasteiger charge is -2.21. The normalized spacial score (nSPS) is 14.4. The largest absolute Gasteiger partial charge is 0.392 e. The van der Waals surface area contributed by atoms with E-state index in [1.807, 2.05) is 18.0 Å². The minimum absolute atomic E-state index is 0.409. The molecule has 2 unspecified atom stereocenters. The van der Waals surface area contributed by atoms with Crippen LogP contribution in [-0.4, -0.2) is 41.4 Å². The Morgan fingerprint density at radius 3 is 2.29 bits per heavy atom. The van der Waals surface area contributed by atoms with E-state index in [4.69, 9.17) is 5.26 Å². The quantitative estimate of drug-likeness (QED) is 0.794. The molecule has 0 saturated carbocycles. The predicted octanol–water partition coefficient (Wildman–Crippen LogP) is 0.904. The first-order valence-corrected chi connectivity index (χ1v) is 5.57. The van der Waals surface area contributed by atoms with Crippen LogP contribution < -0.4 is 0 Å². The number of hydrogen-bond acceptors (Lipinski definition) is 4. The molecule has 0 radical (unpaired) electrons. The van der Waals surface area contributed by atoms with Gasteiger partial charge in [-0.05, 0) is 31.7 Å². The number of likely N-dealkylation sites (N-methyl/N-ethyl adjacent to an activating group) is 1. The van der Waals surface area contributed by atoms with Crippen molar-refractivity contribution in [2.45, 2.75) is 19.1 Å². The van der Waals surface area contributed by atoms with E-state index in [1.165, 1.54) is 0 Å². The summed E-state index contributed by atoms with van der Waals surface area (Å²) in [5, 5.41) is 27.8. The Bertz CT molecular complexity index is 381. The molecule has 92 valence electrons. The third-order valence-electron chi connectivity index (χ3n) is 2.49. The van der Waals surface area contributed by atoms with Crippen molar-refractivity contribution < 1.29 is 10.2 Å². The van der Waals surface area contributed by atoms with Crippen LogP contribution in [0.5, 0.6) is 0 Å². The molecule has 0 heterocycles. The molecule has 4 nitrogen and oxygen atoms in total. The molecule has 1 rings (SSSR count). The minimum atomic E-state index is -0.605. The van der Waals surface area contributed by atoms with Gasteiger partial charge >= 0.3 is 0 Å². The van der Waals surface area contributed by atoms with Gasteiger partial charge in [0.05, 0.1) is 23.8 Å². The number of aliphatic hydroxyl groups excluding tert-OH is 2. The van der Waals surface area contributed by atoms with Gasteiger partial charge in [-0.1, -0.05) is 12.1 Å². The monoisotopic (exact) mass is 234 g/mol. The second kappa shape index (κ2) is 6.36. The van der Waals surface area contributed by atoms with Crippen LogP contribution in [0.1, 0.15) is 24.2 Å². The first-order chi connectivity index (χ1) is 8.02. The van der Waals surface area contributed by atoms with E-state index in [0.29, 0.717) is 18.7 Å². The van der Waals surface area contributed by atoms with Gasteiger partial charge in [0.15, 0.2) is 0 Å². The molecule has 0 saturated heterocycles. The Balaban J connectivity index is 2.57. The Labute approximate surface area is 102 Å². The van der Waals surface area contributed by atoms with Crippen molar-refractivity contribution in [1.82, 2.24) is 4.90 Å². The van der Waals surface area contributed by atoms with E-state index < -0.39 is 12.2 Å². The number of rotatable bonds is 5. The SMILES string of the molecule is CC(O)CN(C)CC(O)c1ccc(C#N)cc1. The van der Waals surface area contributed by atoms with Crippen LogP contribution in [0.3, 0.4) is 0 Å². The molecule has 4 heteroatoms. The van der Waals surface area contributed by atoms with Crippen molar-refractivity contribution in [2.75, 3.05) is 20.1 Å². The fourth-order valence-electron chi connectivity index (χ4n) is 1.71. The van der Waals surface area contributed by atoms with E-state index >= 15 is 0 Å². The standard InChI is InChI=1S/C13H18N2O2/c1-10(16)8-15(2)9-13(17)12-5-3-11(7-14)4-6-12/h3-6,10,13,16-17H,8-9H2,1-2H3. The molecule has 0 amide bonds. The molecule has 0 aromatic heterocycles. The summed E-state index contributed by atoms with van der Waals surface area (Å²) < 4.78 is 0. The van der Waals surface area contributed by atoms with E-state index in [1.54, 1.807) is 31.2 Å². The molecule has 1 aromatic carbocycles. The number of nitrogens with zero attached hydrogens (tertiary/aromatic N) is 2. The van der Waals surface area contributed by atoms with Crippen molar-refractivity contribution in [3.63, 3.8) is 0 Å². The van der Waals surface area contributed by atoms with Crippen LogP contribution in [0.2, 0.25) is 0 Å². The van der Waals surface area contributed by atoms with E-state index in [0.717, 1.165) is 5.56 Å². The zero-order valence-corrected chi connectivity index (χ0v) is 10.2. The van der Waals surface area contributed by atoms with Gasteiger partial charge in [-0.3, -0.25) is 0 Å². The molecule has 0 aliphatic rings. The second-order valence-electron chi connectivity index (χ2n) is 4.32. The van der Waals surface area contributed by atoms with Crippen LogP contribution >= 0.6 is 0 Å². The third-order valence-corrected chi connectivity index (χ3v) is 2.49. The molecule has 1 aromatic rings.